The number of fused-ring (bicyclic) bond motifs is 1. The van der Waals surface area contributed by atoms with Gasteiger partial charge in [0.1, 0.15) is 11.5 Å². The Bertz CT molecular complexity index is 1420. The van der Waals surface area contributed by atoms with Crippen LogP contribution in [0.15, 0.2) is 82.3 Å². The van der Waals surface area contributed by atoms with Crippen LogP contribution in [0.1, 0.15) is 81.2 Å². The van der Waals surface area contributed by atoms with Gasteiger partial charge in [-0.2, -0.15) is 0 Å². The number of aryl methyl sites for hydroxylation is 1. The molecule has 5 rings (SSSR count). The van der Waals surface area contributed by atoms with Crippen LogP contribution in [0.3, 0.4) is 0 Å². The van der Waals surface area contributed by atoms with Crippen molar-refractivity contribution in [2.24, 2.45) is 5.41 Å². The summed E-state index contributed by atoms with van der Waals surface area (Å²) in [5, 5.41) is 0. The Balaban J connectivity index is 1.66. The molecule has 0 saturated heterocycles. The van der Waals surface area contributed by atoms with Gasteiger partial charge in [0.05, 0.1) is 8.07 Å². The number of furan rings is 1. The second-order valence-electron chi connectivity index (χ2n) is 13.1. The lowest BCUT2D eigenvalue weighted by atomic mass is 9.87. The van der Waals surface area contributed by atoms with Gasteiger partial charge in [0.15, 0.2) is 0 Å². The molecule has 2 heteroatoms. The van der Waals surface area contributed by atoms with Gasteiger partial charge in [0.2, 0.25) is 0 Å². The number of benzene rings is 2. The summed E-state index contributed by atoms with van der Waals surface area (Å²) in [5.74, 6) is 2.54. The van der Waals surface area contributed by atoms with Crippen LogP contribution in [0.2, 0.25) is 18.6 Å². The second-order valence-corrected chi connectivity index (χ2v) is 17.9. The first-order valence-corrected chi connectivity index (χ1v) is 17.0. The quantitative estimate of drug-likeness (QED) is 0.314. The Hall–Kier alpha value is -2.84. The lowest BCUT2D eigenvalue weighted by Crippen LogP contribution is -2.39. The third-order valence-electron chi connectivity index (χ3n) is 8.61. The van der Waals surface area contributed by atoms with Crippen molar-refractivity contribution in [2.75, 3.05) is 0 Å². The molecular formula is C35H42OSi. The molecular weight excluding hydrogens is 464 g/mol. The van der Waals surface area contributed by atoms with Gasteiger partial charge in [-0.05, 0) is 82.3 Å². The molecule has 0 spiro atoms. The van der Waals surface area contributed by atoms with Crippen molar-refractivity contribution in [2.45, 2.75) is 78.6 Å². The highest BCUT2D eigenvalue weighted by atomic mass is 28.3. The lowest BCUT2D eigenvalue weighted by Gasteiger charge is -2.38. The molecule has 0 radical (unpaired) electrons. The van der Waals surface area contributed by atoms with E-state index in [9.17, 15) is 0 Å². The molecule has 0 bridgehead atoms. The first kappa shape index (κ1) is 25.8. The molecule has 192 valence electrons. The lowest BCUT2D eigenvalue weighted by molar-refractivity contribution is 0.517. The van der Waals surface area contributed by atoms with E-state index in [1.54, 1.807) is 0 Å². The molecule has 2 atom stereocenters. The third kappa shape index (κ3) is 4.54. The van der Waals surface area contributed by atoms with Crippen LogP contribution in [0, 0.1) is 12.3 Å². The summed E-state index contributed by atoms with van der Waals surface area (Å²) in [6, 6.07) is 20.4. The van der Waals surface area contributed by atoms with Crippen molar-refractivity contribution in [1.29, 1.82) is 0 Å². The summed E-state index contributed by atoms with van der Waals surface area (Å²) in [6.07, 6.45) is 7.50. The molecule has 2 aliphatic carbocycles. The topological polar surface area (TPSA) is 13.1 Å². The molecule has 0 saturated carbocycles. The van der Waals surface area contributed by atoms with Crippen LogP contribution in [-0.4, -0.2) is 8.07 Å². The molecule has 0 fully saturated rings. The van der Waals surface area contributed by atoms with E-state index in [-0.39, 0.29) is 5.41 Å². The molecule has 2 aromatic carbocycles. The maximum atomic E-state index is 6.30. The SMILES string of the molecule is CC1=CC(C(C)(C)C)=CC1[Si](C)(C)C1C(c2ccc(C)o2)=Cc2c(-c3ccc(C(C)C)cc3)cccc21. The van der Waals surface area contributed by atoms with Crippen molar-refractivity contribution in [3.63, 3.8) is 0 Å². The molecule has 0 N–H and O–H groups in total. The third-order valence-corrected chi connectivity index (χ3v) is 12.9. The Morgan fingerprint density at radius 1 is 0.865 bits per heavy atom. The second kappa shape index (κ2) is 9.17. The fourth-order valence-electron chi connectivity index (χ4n) is 6.45. The summed E-state index contributed by atoms with van der Waals surface area (Å²) >= 11 is 0. The van der Waals surface area contributed by atoms with E-state index < -0.39 is 8.07 Å². The summed E-state index contributed by atoms with van der Waals surface area (Å²) in [6.45, 7) is 21.1. The zero-order chi connectivity index (χ0) is 26.7. The van der Waals surface area contributed by atoms with Crippen molar-refractivity contribution in [3.8, 4) is 11.1 Å². The fourth-order valence-corrected chi connectivity index (χ4v) is 10.8. The highest BCUT2D eigenvalue weighted by Gasteiger charge is 2.47. The van der Waals surface area contributed by atoms with Crippen LogP contribution in [0.25, 0.3) is 22.8 Å². The molecule has 0 amide bonds. The molecule has 1 heterocycles. The van der Waals surface area contributed by atoms with Crippen LogP contribution in [-0.2, 0) is 0 Å². The van der Waals surface area contributed by atoms with Crippen molar-refractivity contribution in [1.82, 2.24) is 0 Å². The van der Waals surface area contributed by atoms with Crippen molar-refractivity contribution < 1.29 is 4.42 Å². The van der Waals surface area contributed by atoms with Gasteiger partial charge >= 0.3 is 0 Å². The van der Waals surface area contributed by atoms with E-state index >= 15 is 0 Å². The van der Waals surface area contributed by atoms with E-state index in [0.29, 0.717) is 17.0 Å². The highest BCUT2D eigenvalue weighted by Crippen LogP contribution is 2.55. The standard InChI is InChI=1S/C35H42OSi/c1-22(2)25-14-16-26(17-15-25)28-11-10-12-29-30(28)21-31(32-18-13-24(4)36-32)34(29)37(8,9)33-20-27(19-23(33)3)35(5,6)7/h10-22,33-34H,1-9H3. The van der Waals surface area contributed by atoms with Crippen LogP contribution in [0.4, 0.5) is 0 Å². The fraction of sp³-hybridized carbons (Fsp3) is 0.371. The van der Waals surface area contributed by atoms with Crippen LogP contribution < -0.4 is 0 Å². The molecule has 37 heavy (non-hydrogen) atoms. The van der Waals surface area contributed by atoms with Gasteiger partial charge in [-0.1, -0.05) is 108 Å². The van der Waals surface area contributed by atoms with E-state index in [2.05, 4.69) is 127 Å². The van der Waals surface area contributed by atoms with E-state index in [1.807, 2.05) is 6.92 Å². The maximum absolute atomic E-state index is 6.30. The predicted molar refractivity (Wildman–Crippen MR) is 163 cm³/mol. The monoisotopic (exact) mass is 506 g/mol. The van der Waals surface area contributed by atoms with Crippen molar-refractivity contribution >= 4 is 19.7 Å². The number of hydrogen-bond donors (Lipinski definition) is 0. The summed E-state index contributed by atoms with van der Waals surface area (Å²) in [4.78, 5) is 0. The summed E-state index contributed by atoms with van der Waals surface area (Å²) < 4.78 is 6.30. The van der Waals surface area contributed by atoms with Crippen LogP contribution >= 0.6 is 0 Å². The van der Waals surface area contributed by atoms with Gasteiger partial charge in [-0.3, -0.25) is 0 Å². The van der Waals surface area contributed by atoms with E-state index in [1.165, 1.54) is 44.5 Å². The normalized spacial score (nSPS) is 19.7. The molecule has 2 unspecified atom stereocenters. The average Bonchev–Trinajstić information content (AvgIpc) is 3.55. The molecule has 0 aliphatic heterocycles. The van der Waals surface area contributed by atoms with Crippen molar-refractivity contribution in [3.05, 3.63) is 106 Å². The van der Waals surface area contributed by atoms with Gasteiger partial charge in [-0.15, -0.1) is 0 Å². The minimum absolute atomic E-state index is 0.167. The average molecular weight is 507 g/mol. The zero-order valence-corrected chi connectivity index (χ0v) is 25.1. The zero-order valence-electron chi connectivity index (χ0n) is 24.1. The largest absolute Gasteiger partial charge is 0.462 e. The predicted octanol–water partition coefficient (Wildman–Crippen LogP) is 10.6. The number of rotatable bonds is 5. The smallest absolute Gasteiger partial charge is 0.130 e. The highest BCUT2D eigenvalue weighted by molar-refractivity contribution is 6.83. The Morgan fingerprint density at radius 2 is 1.57 bits per heavy atom. The van der Waals surface area contributed by atoms with Gasteiger partial charge in [0.25, 0.3) is 0 Å². The molecule has 1 aromatic heterocycles. The minimum Gasteiger partial charge on any atom is -0.462 e. The van der Waals surface area contributed by atoms with Gasteiger partial charge in [-0.25, -0.2) is 0 Å². The summed E-state index contributed by atoms with van der Waals surface area (Å²) in [7, 11) is -1.93. The maximum Gasteiger partial charge on any atom is 0.130 e. The van der Waals surface area contributed by atoms with Crippen LogP contribution in [0.5, 0.6) is 0 Å². The Morgan fingerprint density at radius 3 is 2.14 bits per heavy atom. The van der Waals surface area contributed by atoms with Gasteiger partial charge < -0.3 is 4.42 Å². The van der Waals surface area contributed by atoms with E-state index in [0.717, 1.165) is 11.5 Å². The van der Waals surface area contributed by atoms with Gasteiger partial charge in [0, 0.05) is 11.1 Å². The number of allylic oxidation sites excluding steroid dienone is 5. The first-order chi connectivity index (χ1) is 17.4. The van der Waals surface area contributed by atoms with E-state index in [4.69, 9.17) is 4.42 Å². The summed E-state index contributed by atoms with van der Waals surface area (Å²) in [5.41, 5.74) is 12.2. The Labute approximate surface area is 225 Å². The molecule has 2 aliphatic rings. The molecule has 1 nitrogen and oxygen atoms in total. The minimum atomic E-state index is -1.93. The number of hydrogen-bond acceptors (Lipinski definition) is 1. The molecule has 3 aromatic rings. The Kier molecular flexibility index (Phi) is 6.39. The first-order valence-electron chi connectivity index (χ1n) is 13.8.